The normalized spacial score (nSPS) is 11.9. The highest BCUT2D eigenvalue weighted by Crippen LogP contribution is 2.34. The Labute approximate surface area is 161 Å². The van der Waals surface area contributed by atoms with Crippen molar-refractivity contribution in [1.82, 2.24) is 9.78 Å². The van der Waals surface area contributed by atoms with E-state index in [9.17, 15) is 13.2 Å². The molecule has 7 heteroatoms. The Kier molecular flexibility index (Phi) is 5.53. The fourth-order valence-electron chi connectivity index (χ4n) is 2.91. The second-order valence-electron chi connectivity index (χ2n) is 6.64. The van der Waals surface area contributed by atoms with Crippen molar-refractivity contribution in [3.8, 4) is 0 Å². The molecule has 3 rings (SSSR count). The minimum atomic E-state index is -4.44. The van der Waals surface area contributed by atoms with Gasteiger partial charge in [-0.25, -0.2) is 0 Å². The third-order valence-corrected chi connectivity index (χ3v) is 4.50. The molecule has 0 aliphatic rings. The SMILES string of the molecule is Cc1ccc(Cn2nc(C)c(/C=N\Nc3ccccc3C(F)(F)F)c2C)cc1. The second kappa shape index (κ2) is 7.88. The van der Waals surface area contributed by atoms with E-state index in [0.29, 0.717) is 6.54 Å². The zero-order chi connectivity index (χ0) is 20.3. The summed E-state index contributed by atoms with van der Waals surface area (Å²) in [4.78, 5) is 0. The summed E-state index contributed by atoms with van der Waals surface area (Å²) in [5.41, 5.74) is 6.41. The Morgan fingerprint density at radius 3 is 2.39 bits per heavy atom. The lowest BCUT2D eigenvalue weighted by atomic mass is 10.1. The van der Waals surface area contributed by atoms with E-state index in [2.05, 4.69) is 27.8 Å². The van der Waals surface area contributed by atoms with Gasteiger partial charge >= 0.3 is 6.18 Å². The highest BCUT2D eigenvalue weighted by atomic mass is 19.4. The van der Waals surface area contributed by atoms with Crippen LogP contribution in [0.4, 0.5) is 18.9 Å². The summed E-state index contributed by atoms with van der Waals surface area (Å²) in [5, 5.41) is 8.54. The van der Waals surface area contributed by atoms with Crippen molar-refractivity contribution >= 4 is 11.9 Å². The quantitative estimate of drug-likeness (QED) is 0.476. The van der Waals surface area contributed by atoms with Gasteiger partial charge in [-0.15, -0.1) is 0 Å². The molecule has 3 aromatic rings. The Bertz CT molecular complexity index is 986. The third kappa shape index (κ3) is 4.42. The van der Waals surface area contributed by atoms with E-state index in [0.717, 1.165) is 28.6 Å². The molecule has 0 aliphatic heterocycles. The number of rotatable bonds is 5. The Morgan fingerprint density at radius 1 is 1.04 bits per heavy atom. The van der Waals surface area contributed by atoms with Crippen LogP contribution in [0.5, 0.6) is 0 Å². The van der Waals surface area contributed by atoms with E-state index in [-0.39, 0.29) is 5.69 Å². The molecular weight excluding hydrogens is 365 g/mol. The van der Waals surface area contributed by atoms with Crippen molar-refractivity contribution in [3.05, 3.63) is 82.2 Å². The lowest BCUT2D eigenvalue weighted by molar-refractivity contribution is -0.136. The number of para-hydroxylation sites is 1. The van der Waals surface area contributed by atoms with Crippen LogP contribution in [0.15, 0.2) is 53.6 Å². The van der Waals surface area contributed by atoms with Crippen LogP contribution < -0.4 is 5.43 Å². The van der Waals surface area contributed by atoms with Crippen molar-refractivity contribution in [2.45, 2.75) is 33.5 Å². The molecule has 0 saturated heterocycles. The first-order valence-corrected chi connectivity index (χ1v) is 8.80. The van der Waals surface area contributed by atoms with Gasteiger partial charge in [0.15, 0.2) is 0 Å². The fraction of sp³-hybridized carbons (Fsp3) is 0.238. The van der Waals surface area contributed by atoms with Gasteiger partial charge in [-0.05, 0) is 38.5 Å². The maximum Gasteiger partial charge on any atom is 0.418 e. The summed E-state index contributed by atoms with van der Waals surface area (Å²) >= 11 is 0. The van der Waals surface area contributed by atoms with Gasteiger partial charge in [0, 0.05) is 11.3 Å². The Balaban J connectivity index is 1.78. The van der Waals surface area contributed by atoms with Crippen molar-refractivity contribution in [2.75, 3.05) is 5.43 Å². The van der Waals surface area contributed by atoms with Crippen molar-refractivity contribution in [1.29, 1.82) is 0 Å². The van der Waals surface area contributed by atoms with Crippen LogP contribution in [-0.4, -0.2) is 16.0 Å². The molecule has 4 nitrogen and oxygen atoms in total. The molecule has 1 N–H and O–H groups in total. The molecule has 0 radical (unpaired) electrons. The topological polar surface area (TPSA) is 42.2 Å². The number of hydrogen-bond acceptors (Lipinski definition) is 3. The highest BCUT2D eigenvalue weighted by molar-refractivity contribution is 5.83. The first kappa shape index (κ1) is 19.7. The molecule has 0 saturated carbocycles. The average Bonchev–Trinajstić information content (AvgIpc) is 2.90. The van der Waals surface area contributed by atoms with E-state index in [1.165, 1.54) is 30.0 Å². The maximum absolute atomic E-state index is 13.1. The molecule has 0 unspecified atom stereocenters. The number of hydrazone groups is 1. The van der Waals surface area contributed by atoms with Crippen LogP contribution in [0.25, 0.3) is 0 Å². The van der Waals surface area contributed by atoms with Crippen LogP contribution in [0.3, 0.4) is 0 Å². The van der Waals surface area contributed by atoms with Gasteiger partial charge in [0.25, 0.3) is 0 Å². The molecule has 0 fully saturated rings. The summed E-state index contributed by atoms with van der Waals surface area (Å²) in [6, 6.07) is 13.4. The van der Waals surface area contributed by atoms with Gasteiger partial charge in [0.05, 0.1) is 29.7 Å². The van der Waals surface area contributed by atoms with E-state index in [1.807, 2.05) is 37.6 Å². The standard InChI is InChI=1S/C21H21F3N4/c1-14-8-10-17(11-9-14)13-28-16(3)18(15(2)27-28)12-25-26-20-7-5-4-6-19(20)21(22,23)24/h4-12,26H,13H2,1-3H3/b25-12-. The number of halogens is 3. The molecule has 0 bridgehead atoms. The molecule has 1 heterocycles. The summed E-state index contributed by atoms with van der Waals surface area (Å²) in [6.07, 6.45) is -2.93. The van der Waals surface area contributed by atoms with Gasteiger partial charge < -0.3 is 0 Å². The van der Waals surface area contributed by atoms with Crippen LogP contribution in [0.1, 0.15) is 33.6 Å². The molecule has 0 atom stereocenters. The van der Waals surface area contributed by atoms with Gasteiger partial charge in [0.1, 0.15) is 0 Å². The number of aromatic nitrogens is 2. The number of alkyl halides is 3. The predicted octanol–water partition coefficient (Wildman–Crippen LogP) is 5.32. The first-order chi connectivity index (χ1) is 13.3. The van der Waals surface area contributed by atoms with Gasteiger partial charge in [-0.2, -0.15) is 23.4 Å². The van der Waals surface area contributed by atoms with Crippen molar-refractivity contribution < 1.29 is 13.2 Å². The molecule has 2 aromatic carbocycles. The molecule has 146 valence electrons. The van der Waals surface area contributed by atoms with E-state index < -0.39 is 11.7 Å². The smallest absolute Gasteiger partial charge is 0.278 e. The van der Waals surface area contributed by atoms with Crippen LogP contribution in [0.2, 0.25) is 0 Å². The highest BCUT2D eigenvalue weighted by Gasteiger charge is 2.33. The molecule has 28 heavy (non-hydrogen) atoms. The second-order valence-corrected chi connectivity index (χ2v) is 6.64. The first-order valence-electron chi connectivity index (χ1n) is 8.80. The van der Waals surface area contributed by atoms with E-state index in [1.54, 1.807) is 0 Å². The van der Waals surface area contributed by atoms with Gasteiger partial charge in [0.2, 0.25) is 0 Å². The lowest BCUT2D eigenvalue weighted by Gasteiger charge is -2.11. The minimum absolute atomic E-state index is 0.0893. The molecule has 0 aliphatic carbocycles. The number of hydrogen-bond donors (Lipinski definition) is 1. The van der Waals surface area contributed by atoms with Gasteiger partial charge in [-0.1, -0.05) is 42.0 Å². The largest absolute Gasteiger partial charge is 0.418 e. The lowest BCUT2D eigenvalue weighted by Crippen LogP contribution is -2.08. The van der Waals surface area contributed by atoms with Gasteiger partial charge in [-0.3, -0.25) is 10.1 Å². The third-order valence-electron chi connectivity index (χ3n) is 4.50. The number of nitrogens with one attached hydrogen (secondary N) is 1. The van der Waals surface area contributed by atoms with Crippen molar-refractivity contribution in [2.24, 2.45) is 5.10 Å². The zero-order valence-electron chi connectivity index (χ0n) is 15.9. The monoisotopic (exact) mass is 386 g/mol. The molecule has 1 aromatic heterocycles. The Morgan fingerprint density at radius 2 is 1.71 bits per heavy atom. The van der Waals surface area contributed by atoms with Crippen LogP contribution in [-0.2, 0) is 12.7 Å². The molecule has 0 amide bonds. The van der Waals surface area contributed by atoms with E-state index >= 15 is 0 Å². The number of anilines is 1. The van der Waals surface area contributed by atoms with Crippen LogP contribution in [0, 0.1) is 20.8 Å². The molecular formula is C21H21F3N4. The number of aryl methyl sites for hydroxylation is 2. The summed E-state index contributed by atoms with van der Waals surface area (Å²) in [5.74, 6) is 0. The predicted molar refractivity (Wildman–Crippen MR) is 105 cm³/mol. The van der Waals surface area contributed by atoms with Crippen LogP contribution >= 0.6 is 0 Å². The summed E-state index contributed by atoms with van der Waals surface area (Å²) in [6.45, 7) is 6.42. The zero-order valence-corrected chi connectivity index (χ0v) is 15.9. The molecule has 0 spiro atoms. The van der Waals surface area contributed by atoms with Crippen molar-refractivity contribution in [3.63, 3.8) is 0 Å². The number of nitrogens with zero attached hydrogens (tertiary/aromatic N) is 3. The summed E-state index contributed by atoms with van der Waals surface area (Å²) in [7, 11) is 0. The van der Waals surface area contributed by atoms with E-state index in [4.69, 9.17) is 0 Å². The summed E-state index contributed by atoms with van der Waals surface area (Å²) < 4.78 is 41.0. The Hall–Kier alpha value is -3.09. The minimum Gasteiger partial charge on any atom is -0.278 e. The fourth-order valence-corrected chi connectivity index (χ4v) is 2.91. The maximum atomic E-state index is 13.1. The number of benzene rings is 2. The average molecular weight is 386 g/mol.